The van der Waals surface area contributed by atoms with Gasteiger partial charge in [-0.15, -0.1) is 0 Å². The number of H-pyrrole nitrogens is 1. The van der Waals surface area contributed by atoms with Crippen LogP contribution in [0.1, 0.15) is 0 Å². The van der Waals surface area contributed by atoms with Gasteiger partial charge in [0, 0.05) is 16.7 Å². The quantitative estimate of drug-likeness (QED) is 0.495. The number of hydrogen-bond donors (Lipinski definition) is 1. The van der Waals surface area contributed by atoms with E-state index >= 15 is 0 Å². The van der Waals surface area contributed by atoms with Crippen molar-refractivity contribution in [2.24, 2.45) is 0 Å². The fourth-order valence-corrected chi connectivity index (χ4v) is 2.76. The molecular weight excluding hydrogens is 337 g/mol. The summed E-state index contributed by atoms with van der Waals surface area (Å²) in [4.78, 5) is 7.83. The second-order valence-electron chi connectivity index (χ2n) is 5.83. The zero-order valence-electron chi connectivity index (χ0n) is 13.5. The molecule has 4 rings (SSSR count). The third-order valence-electron chi connectivity index (χ3n) is 4.07. The van der Waals surface area contributed by atoms with Gasteiger partial charge in [0.25, 0.3) is 0 Å². The Labute approximate surface area is 148 Å². The minimum Gasteiger partial charge on any atom is -0.337 e. The molecule has 0 radical (unpaired) electrons. The largest absolute Gasteiger partial charge is 0.337 e. The molecule has 26 heavy (non-hydrogen) atoms. The van der Waals surface area contributed by atoms with Crippen LogP contribution in [0.2, 0.25) is 0 Å². The summed E-state index contributed by atoms with van der Waals surface area (Å²) in [6.45, 7) is 0. The first kappa shape index (κ1) is 16.1. The van der Waals surface area contributed by atoms with E-state index in [-0.39, 0.29) is 17.5 Å². The lowest BCUT2D eigenvalue weighted by atomic mass is 10.1. The maximum atomic E-state index is 13.3. The van der Waals surface area contributed by atoms with Gasteiger partial charge in [-0.25, -0.2) is 18.2 Å². The van der Waals surface area contributed by atoms with Crippen molar-refractivity contribution >= 4 is 0 Å². The van der Waals surface area contributed by atoms with Gasteiger partial charge in [-0.1, -0.05) is 0 Å². The topological polar surface area (TPSA) is 28.7 Å². The van der Waals surface area contributed by atoms with Gasteiger partial charge < -0.3 is 4.98 Å². The van der Waals surface area contributed by atoms with Gasteiger partial charge in [0.05, 0.1) is 11.4 Å². The van der Waals surface area contributed by atoms with E-state index in [9.17, 15) is 13.2 Å². The van der Waals surface area contributed by atoms with Crippen molar-refractivity contribution in [2.45, 2.75) is 0 Å². The minimum absolute atomic E-state index is 0.335. The van der Waals surface area contributed by atoms with Crippen LogP contribution in [0.25, 0.3) is 33.9 Å². The average Bonchev–Trinajstić information content (AvgIpc) is 3.09. The zero-order valence-corrected chi connectivity index (χ0v) is 13.5. The molecule has 0 atom stereocenters. The number of rotatable bonds is 3. The molecule has 0 unspecified atom stereocenters. The molecule has 5 heteroatoms. The van der Waals surface area contributed by atoms with Crippen LogP contribution in [0.15, 0.2) is 72.8 Å². The van der Waals surface area contributed by atoms with Crippen LogP contribution in [0, 0.1) is 17.5 Å². The molecule has 0 amide bonds. The predicted octanol–water partition coefficient (Wildman–Crippen LogP) is 5.83. The van der Waals surface area contributed by atoms with Gasteiger partial charge in [0.2, 0.25) is 0 Å². The Kier molecular flexibility index (Phi) is 4.05. The Hall–Kier alpha value is -3.34. The van der Waals surface area contributed by atoms with Gasteiger partial charge in [0.15, 0.2) is 0 Å². The Morgan fingerprint density at radius 3 is 1.46 bits per heavy atom. The second-order valence-corrected chi connectivity index (χ2v) is 5.83. The van der Waals surface area contributed by atoms with Crippen molar-refractivity contribution < 1.29 is 13.2 Å². The molecule has 0 aliphatic heterocycles. The van der Waals surface area contributed by atoms with E-state index in [2.05, 4.69) is 9.97 Å². The van der Waals surface area contributed by atoms with Crippen LogP contribution < -0.4 is 0 Å². The van der Waals surface area contributed by atoms with Crippen molar-refractivity contribution in [1.29, 1.82) is 0 Å². The van der Waals surface area contributed by atoms with Crippen LogP contribution in [0.4, 0.5) is 13.2 Å². The lowest BCUT2D eigenvalue weighted by molar-refractivity contribution is 0.627. The maximum absolute atomic E-state index is 13.3. The summed E-state index contributed by atoms with van der Waals surface area (Å²) in [5.74, 6) is -0.469. The number of nitrogens with one attached hydrogen (secondary N) is 1. The van der Waals surface area contributed by atoms with E-state index in [0.717, 1.165) is 11.1 Å². The third kappa shape index (κ3) is 3.11. The molecule has 0 bridgehead atoms. The predicted molar refractivity (Wildman–Crippen MR) is 94.8 cm³/mol. The molecule has 128 valence electrons. The smallest absolute Gasteiger partial charge is 0.138 e. The number of benzene rings is 3. The summed E-state index contributed by atoms with van der Waals surface area (Å²) >= 11 is 0. The number of halogens is 3. The highest BCUT2D eigenvalue weighted by Crippen LogP contribution is 2.33. The highest BCUT2D eigenvalue weighted by molar-refractivity contribution is 5.81. The van der Waals surface area contributed by atoms with Crippen LogP contribution in [-0.4, -0.2) is 9.97 Å². The fraction of sp³-hybridized carbons (Fsp3) is 0. The monoisotopic (exact) mass is 350 g/mol. The number of hydrogen-bond acceptors (Lipinski definition) is 1. The lowest BCUT2D eigenvalue weighted by Gasteiger charge is -2.03. The second kappa shape index (κ2) is 6.52. The van der Waals surface area contributed by atoms with Gasteiger partial charge in [-0.3, -0.25) is 0 Å². The highest BCUT2D eigenvalue weighted by Gasteiger charge is 2.15. The Bertz CT molecular complexity index is 971. The normalized spacial score (nSPS) is 10.9. The molecule has 1 heterocycles. The van der Waals surface area contributed by atoms with Gasteiger partial charge in [-0.05, 0) is 72.8 Å². The summed E-state index contributed by atoms with van der Waals surface area (Å²) in [5.41, 5.74) is 3.46. The van der Waals surface area contributed by atoms with Crippen molar-refractivity contribution in [3.05, 3.63) is 90.2 Å². The van der Waals surface area contributed by atoms with Crippen LogP contribution in [0.3, 0.4) is 0 Å². The van der Waals surface area contributed by atoms with E-state index in [1.165, 1.54) is 36.4 Å². The number of nitrogens with zero attached hydrogens (tertiary/aromatic N) is 1. The third-order valence-corrected chi connectivity index (χ3v) is 4.07. The molecular formula is C21H13F3N2. The molecule has 2 nitrogen and oxygen atoms in total. The molecule has 0 aliphatic rings. The van der Waals surface area contributed by atoms with E-state index in [1.54, 1.807) is 36.4 Å². The van der Waals surface area contributed by atoms with E-state index < -0.39 is 0 Å². The lowest BCUT2D eigenvalue weighted by Crippen LogP contribution is -1.85. The standard InChI is InChI=1S/C21H13F3N2/c22-16-7-1-13(2-8-16)19-20(14-3-9-17(23)10-4-14)26-21(25-19)15-5-11-18(24)12-6-15/h1-12H,(H,25,26). The van der Waals surface area contributed by atoms with Gasteiger partial charge in [-0.2, -0.15) is 0 Å². The van der Waals surface area contributed by atoms with Crippen molar-refractivity contribution in [2.75, 3.05) is 0 Å². The molecule has 1 N–H and O–H groups in total. The molecule has 0 saturated heterocycles. The van der Waals surface area contributed by atoms with Crippen LogP contribution in [-0.2, 0) is 0 Å². The number of aromatic nitrogens is 2. The van der Waals surface area contributed by atoms with E-state index in [1.807, 2.05) is 0 Å². The van der Waals surface area contributed by atoms with E-state index in [4.69, 9.17) is 0 Å². The van der Waals surface area contributed by atoms with Gasteiger partial charge in [0.1, 0.15) is 23.3 Å². The van der Waals surface area contributed by atoms with Crippen LogP contribution in [0.5, 0.6) is 0 Å². The Morgan fingerprint density at radius 2 is 0.962 bits per heavy atom. The first-order chi connectivity index (χ1) is 12.6. The summed E-state index contributed by atoms with van der Waals surface area (Å²) in [6.07, 6.45) is 0. The summed E-state index contributed by atoms with van der Waals surface area (Å²) < 4.78 is 39.7. The average molecular weight is 350 g/mol. The molecule has 1 aromatic heterocycles. The van der Waals surface area contributed by atoms with Crippen molar-refractivity contribution in [3.8, 4) is 33.9 Å². The number of imidazole rings is 1. The minimum atomic E-state index is -0.341. The molecule has 0 saturated carbocycles. The summed E-state index contributed by atoms with van der Waals surface area (Å²) in [5, 5.41) is 0. The molecule has 3 aromatic carbocycles. The molecule has 0 spiro atoms. The highest BCUT2D eigenvalue weighted by atomic mass is 19.1. The summed E-state index contributed by atoms with van der Waals surface area (Å²) in [6, 6.07) is 17.9. The zero-order chi connectivity index (χ0) is 18.1. The Morgan fingerprint density at radius 1 is 0.538 bits per heavy atom. The molecule has 0 fully saturated rings. The number of aromatic amines is 1. The van der Waals surface area contributed by atoms with Gasteiger partial charge >= 0.3 is 0 Å². The van der Waals surface area contributed by atoms with Crippen molar-refractivity contribution in [3.63, 3.8) is 0 Å². The molecule has 0 aliphatic carbocycles. The van der Waals surface area contributed by atoms with Crippen molar-refractivity contribution in [1.82, 2.24) is 9.97 Å². The summed E-state index contributed by atoms with van der Waals surface area (Å²) in [7, 11) is 0. The fourth-order valence-electron chi connectivity index (χ4n) is 2.76. The van der Waals surface area contributed by atoms with E-state index in [0.29, 0.717) is 22.8 Å². The SMILES string of the molecule is Fc1ccc(-c2nc(-c3ccc(F)cc3)c(-c3ccc(F)cc3)[nH]2)cc1. The van der Waals surface area contributed by atoms with Crippen LogP contribution >= 0.6 is 0 Å². The molecule has 4 aromatic rings. The first-order valence-electron chi connectivity index (χ1n) is 7.98. The first-order valence-corrected chi connectivity index (χ1v) is 7.98. The Balaban J connectivity index is 1.88. The maximum Gasteiger partial charge on any atom is 0.138 e.